The molecule has 1 saturated heterocycles. The molecule has 1 aromatic rings. The van der Waals surface area contributed by atoms with E-state index < -0.39 is 31.1 Å². The average molecular weight is 405 g/mol. The third-order valence-corrected chi connectivity index (χ3v) is 4.93. The van der Waals surface area contributed by atoms with Crippen molar-refractivity contribution in [2.24, 2.45) is 5.73 Å². The second-order valence-electron chi connectivity index (χ2n) is 7.35. The molecular weight excluding hydrogens is 381 g/mol. The molecule has 2 amide bonds. The Bertz CT molecular complexity index is 826. The van der Waals surface area contributed by atoms with Gasteiger partial charge in [-0.05, 0) is 38.2 Å². The van der Waals surface area contributed by atoms with Gasteiger partial charge in [0, 0.05) is 0 Å². The standard InChI is InChI=1S/C18H24BN3O7/c1-9(20)16(23)21-10(2)17(24)22-7-12(8-22)28-13-4-3-11-5-6-19(27)29-15(11)14(13)18(25)26/h3-4,9-10,12,27H,5-8,20H2,1-2H3,(H,21,23)(H,25,26). The van der Waals surface area contributed by atoms with E-state index in [2.05, 4.69) is 5.32 Å². The van der Waals surface area contributed by atoms with Crippen LogP contribution in [0.5, 0.6) is 11.5 Å². The van der Waals surface area contributed by atoms with Crippen LogP contribution in [0.4, 0.5) is 0 Å². The summed E-state index contributed by atoms with van der Waals surface area (Å²) in [5.41, 5.74) is 6.04. The number of carbonyl (C=O) groups excluding carboxylic acids is 2. The summed E-state index contributed by atoms with van der Waals surface area (Å²) in [6.45, 7) is 3.63. The van der Waals surface area contributed by atoms with Gasteiger partial charge in [-0.25, -0.2) is 4.79 Å². The zero-order valence-corrected chi connectivity index (χ0v) is 16.3. The van der Waals surface area contributed by atoms with Crippen molar-refractivity contribution in [3.8, 4) is 11.5 Å². The van der Waals surface area contributed by atoms with Gasteiger partial charge in [0.15, 0.2) is 0 Å². The van der Waals surface area contributed by atoms with Gasteiger partial charge in [-0.3, -0.25) is 9.59 Å². The molecule has 5 N–H and O–H groups in total. The molecule has 2 aliphatic heterocycles. The zero-order chi connectivity index (χ0) is 21.3. The Morgan fingerprint density at radius 2 is 2.03 bits per heavy atom. The third-order valence-electron chi connectivity index (χ3n) is 4.93. The normalized spacial score (nSPS) is 18.1. The van der Waals surface area contributed by atoms with Gasteiger partial charge in [0.2, 0.25) is 11.8 Å². The summed E-state index contributed by atoms with van der Waals surface area (Å²) in [6, 6.07) is 1.86. The molecule has 0 radical (unpaired) electrons. The van der Waals surface area contributed by atoms with Crippen molar-refractivity contribution in [3.63, 3.8) is 0 Å². The van der Waals surface area contributed by atoms with E-state index in [0.29, 0.717) is 18.3 Å². The summed E-state index contributed by atoms with van der Waals surface area (Å²) >= 11 is 0. The third kappa shape index (κ3) is 4.46. The number of likely N-dealkylation sites (tertiary alicyclic amines) is 1. The van der Waals surface area contributed by atoms with E-state index in [1.807, 2.05) is 0 Å². The van der Waals surface area contributed by atoms with E-state index in [1.54, 1.807) is 19.1 Å². The summed E-state index contributed by atoms with van der Waals surface area (Å²) in [5, 5.41) is 21.8. The van der Waals surface area contributed by atoms with E-state index in [0.717, 1.165) is 0 Å². The Morgan fingerprint density at radius 1 is 1.34 bits per heavy atom. The number of amides is 2. The number of hydrogen-bond donors (Lipinski definition) is 4. The van der Waals surface area contributed by atoms with Crippen LogP contribution >= 0.6 is 0 Å². The molecule has 3 rings (SSSR count). The van der Waals surface area contributed by atoms with Crippen LogP contribution in [-0.4, -0.2) is 71.2 Å². The van der Waals surface area contributed by atoms with Gasteiger partial charge in [-0.15, -0.1) is 0 Å². The predicted octanol–water partition coefficient (Wildman–Crippen LogP) is -0.758. The van der Waals surface area contributed by atoms with Crippen LogP contribution in [0.15, 0.2) is 12.1 Å². The number of nitrogens with one attached hydrogen (secondary N) is 1. The number of hydrogen-bond acceptors (Lipinski definition) is 7. The predicted molar refractivity (Wildman–Crippen MR) is 103 cm³/mol. The minimum Gasteiger partial charge on any atom is -0.535 e. The monoisotopic (exact) mass is 405 g/mol. The van der Waals surface area contributed by atoms with E-state index >= 15 is 0 Å². The molecule has 2 heterocycles. The Morgan fingerprint density at radius 3 is 2.66 bits per heavy atom. The van der Waals surface area contributed by atoms with Crippen LogP contribution in [0, 0.1) is 0 Å². The number of fused-ring (bicyclic) bond motifs is 1. The summed E-state index contributed by atoms with van der Waals surface area (Å²) in [4.78, 5) is 37.2. The van der Waals surface area contributed by atoms with Crippen LogP contribution in [0.3, 0.4) is 0 Å². The lowest BCUT2D eigenvalue weighted by Gasteiger charge is -2.40. The number of carbonyl (C=O) groups is 3. The lowest BCUT2D eigenvalue weighted by Crippen LogP contribution is -2.61. The van der Waals surface area contributed by atoms with Gasteiger partial charge in [-0.2, -0.15) is 0 Å². The zero-order valence-electron chi connectivity index (χ0n) is 16.3. The van der Waals surface area contributed by atoms with Crippen molar-refractivity contribution in [2.45, 2.75) is 44.8 Å². The molecule has 2 unspecified atom stereocenters. The van der Waals surface area contributed by atoms with Crippen molar-refractivity contribution in [2.75, 3.05) is 13.1 Å². The van der Waals surface area contributed by atoms with Crippen LogP contribution in [0.1, 0.15) is 29.8 Å². The highest BCUT2D eigenvalue weighted by atomic mass is 16.5. The molecule has 0 spiro atoms. The first-order chi connectivity index (χ1) is 13.7. The van der Waals surface area contributed by atoms with Gasteiger partial charge in [-0.1, -0.05) is 6.07 Å². The summed E-state index contributed by atoms with van der Waals surface area (Å²) in [6.07, 6.45) is 0.511. The molecule has 1 fully saturated rings. The molecule has 0 saturated carbocycles. The first-order valence-electron chi connectivity index (χ1n) is 9.42. The Balaban J connectivity index is 1.63. The lowest BCUT2D eigenvalue weighted by atomic mass is 9.78. The number of nitrogens with two attached hydrogens (primary N) is 1. The highest BCUT2D eigenvalue weighted by Crippen LogP contribution is 2.37. The van der Waals surface area contributed by atoms with Crippen LogP contribution in [-0.2, 0) is 16.0 Å². The first kappa shape index (κ1) is 20.9. The van der Waals surface area contributed by atoms with Gasteiger partial charge in [0.1, 0.15) is 29.2 Å². The topological polar surface area (TPSA) is 151 Å². The number of carboxylic acid groups (broad SMARTS) is 1. The van der Waals surface area contributed by atoms with Crippen LogP contribution in [0.25, 0.3) is 0 Å². The molecule has 29 heavy (non-hydrogen) atoms. The fourth-order valence-corrected chi connectivity index (χ4v) is 3.27. The number of benzene rings is 1. The van der Waals surface area contributed by atoms with Crippen LogP contribution in [0.2, 0.25) is 6.32 Å². The summed E-state index contributed by atoms with van der Waals surface area (Å²) in [5.74, 6) is -1.66. The minimum atomic E-state index is -1.22. The van der Waals surface area contributed by atoms with Crippen LogP contribution < -0.4 is 20.4 Å². The van der Waals surface area contributed by atoms with Crippen molar-refractivity contribution >= 4 is 24.9 Å². The van der Waals surface area contributed by atoms with E-state index in [4.69, 9.17) is 15.1 Å². The number of carboxylic acids is 1. The number of rotatable bonds is 6. The number of aryl methyl sites for hydroxylation is 1. The molecule has 11 heteroatoms. The smallest absolute Gasteiger partial charge is 0.522 e. The molecular formula is C18H24BN3O7. The van der Waals surface area contributed by atoms with Gasteiger partial charge < -0.3 is 35.5 Å². The van der Waals surface area contributed by atoms with Crippen molar-refractivity contribution in [1.82, 2.24) is 10.2 Å². The molecule has 2 aliphatic rings. The van der Waals surface area contributed by atoms with Gasteiger partial charge in [0.05, 0.1) is 19.1 Å². The van der Waals surface area contributed by atoms with Gasteiger partial charge in [0.25, 0.3) is 0 Å². The fraction of sp³-hybridized carbons (Fsp3) is 0.500. The van der Waals surface area contributed by atoms with Crippen molar-refractivity contribution in [1.29, 1.82) is 0 Å². The Labute approximate surface area is 168 Å². The quantitative estimate of drug-likeness (QED) is 0.451. The lowest BCUT2D eigenvalue weighted by molar-refractivity contribution is -0.143. The average Bonchev–Trinajstić information content (AvgIpc) is 2.62. The van der Waals surface area contributed by atoms with Gasteiger partial charge >= 0.3 is 13.1 Å². The largest absolute Gasteiger partial charge is 0.535 e. The molecule has 156 valence electrons. The number of aromatic carboxylic acids is 1. The maximum atomic E-state index is 12.4. The maximum absolute atomic E-state index is 12.4. The summed E-state index contributed by atoms with van der Waals surface area (Å²) < 4.78 is 11.1. The second-order valence-corrected chi connectivity index (χ2v) is 7.35. The van der Waals surface area contributed by atoms with E-state index in [1.165, 1.54) is 11.8 Å². The van der Waals surface area contributed by atoms with E-state index in [9.17, 15) is 24.5 Å². The molecule has 1 aromatic carbocycles. The molecule has 0 aromatic heterocycles. The second kappa shape index (κ2) is 8.30. The highest BCUT2D eigenvalue weighted by Gasteiger charge is 2.37. The number of nitrogens with zero attached hydrogens (tertiary/aromatic N) is 1. The highest BCUT2D eigenvalue weighted by molar-refractivity contribution is 6.44. The molecule has 0 bridgehead atoms. The fourth-order valence-electron chi connectivity index (χ4n) is 3.27. The minimum absolute atomic E-state index is 0.119. The molecule has 0 aliphatic carbocycles. The first-order valence-corrected chi connectivity index (χ1v) is 9.42. The summed E-state index contributed by atoms with van der Waals surface area (Å²) in [7, 11) is -1.05. The molecule has 2 atom stereocenters. The van der Waals surface area contributed by atoms with Crippen molar-refractivity contribution < 1.29 is 33.9 Å². The van der Waals surface area contributed by atoms with E-state index in [-0.39, 0.29) is 42.2 Å². The number of ether oxygens (including phenoxy) is 1. The SMILES string of the molecule is CC(N)C(=O)NC(C)C(=O)N1CC(Oc2ccc3c(c2C(=O)O)OB(O)CC3)C1. The maximum Gasteiger partial charge on any atom is 0.522 e. The molecule has 10 nitrogen and oxygen atoms in total. The Kier molecular flexibility index (Phi) is 5.99. The Hall–Kier alpha value is -2.79. The van der Waals surface area contributed by atoms with Crippen molar-refractivity contribution in [3.05, 3.63) is 23.3 Å².